The van der Waals surface area contributed by atoms with Crippen LogP contribution in [0.3, 0.4) is 0 Å². The maximum absolute atomic E-state index is 14.0. The number of rotatable bonds is 9. The molecule has 1 heterocycles. The monoisotopic (exact) mass is 524 g/mol. The van der Waals surface area contributed by atoms with Crippen molar-refractivity contribution in [3.8, 4) is 11.5 Å². The van der Waals surface area contributed by atoms with E-state index in [4.69, 9.17) is 26.2 Å². The third-order valence-corrected chi connectivity index (χ3v) is 5.76. The molecule has 10 heteroatoms. The molecule has 190 valence electrons. The van der Waals surface area contributed by atoms with Crippen LogP contribution >= 0.6 is 11.6 Å². The Labute approximate surface area is 216 Å². The zero-order valence-electron chi connectivity index (χ0n) is 19.7. The van der Waals surface area contributed by atoms with E-state index in [0.29, 0.717) is 17.9 Å². The molecule has 0 aliphatic carbocycles. The van der Waals surface area contributed by atoms with Gasteiger partial charge in [0.05, 0.1) is 23.7 Å². The number of carbonyl (C=O) groups is 3. The molecule has 37 heavy (non-hydrogen) atoms. The highest BCUT2D eigenvalue weighted by molar-refractivity contribution is 6.32. The predicted molar refractivity (Wildman–Crippen MR) is 134 cm³/mol. The minimum atomic E-state index is -1.02. The summed E-state index contributed by atoms with van der Waals surface area (Å²) < 4.78 is 25.6. The first-order valence-electron chi connectivity index (χ1n) is 11.3. The van der Waals surface area contributed by atoms with Gasteiger partial charge in [-0.3, -0.25) is 9.69 Å². The first-order chi connectivity index (χ1) is 17.8. The summed E-state index contributed by atoms with van der Waals surface area (Å²) in [5, 5.41) is 11.7. The number of hydrogen-bond donors (Lipinski definition) is 2. The third kappa shape index (κ3) is 5.90. The topological polar surface area (TPSA) is 105 Å². The van der Waals surface area contributed by atoms with E-state index in [1.807, 2.05) is 0 Å². The number of halogens is 2. The van der Waals surface area contributed by atoms with Gasteiger partial charge in [-0.1, -0.05) is 41.9 Å². The van der Waals surface area contributed by atoms with Gasteiger partial charge in [0, 0.05) is 5.56 Å². The Morgan fingerprint density at radius 2 is 1.84 bits per heavy atom. The molecule has 3 aromatic carbocycles. The average molecular weight is 525 g/mol. The smallest absolute Gasteiger partial charge is 0.335 e. The van der Waals surface area contributed by atoms with Crippen LogP contribution in [0.5, 0.6) is 11.5 Å². The van der Waals surface area contributed by atoms with Gasteiger partial charge in [-0.2, -0.15) is 0 Å². The van der Waals surface area contributed by atoms with Crippen LogP contribution in [-0.2, 0) is 17.9 Å². The molecule has 0 atom stereocenters. The molecule has 0 aromatic heterocycles. The summed E-state index contributed by atoms with van der Waals surface area (Å²) in [7, 11) is 0. The van der Waals surface area contributed by atoms with E-state index in [1.165, 1.54) is 36.4 Å². The van der Waals surface area contributed by atoms with Crippen molar-refractivity contribution in [1.82, 2.24) is 10.2 Å². The zero-order valence-corrected chi connectivity index (χ0v) is 20.4. The molecule has 0 spiro atoms. The van der Waals surface area contributed by atoms with Crippen LogP contribution in [0.1, 0.15) is 34.0 Å². The molecule has 3 amide bonds. The molecule has 4 rings (SSSR count). The number of nitrogens with zero attached hydrogens (tertiary/aromatic N) is 1. The van der Waals surface area contributed by atoms with Crippen molar-refractivity contribution in [2.45, 2.75) is 20.1 Å². The van der Waals surface area contributed by atoms with Gasteiger partial charge in [-0.15, -0.1) is 0 Å². The van der Waals surface area contributed by atoms with Gasteiger partial charge in [0.25, 0.3) is 5.91 Å². The number of benzene rings is 3. The molecule has 8 nitrogen and oxygen atoms in total. The zero-order chi connectivity index (χ0) is 26.5. The van der Waals surface area contributed by atoms with Gasteiger partial charge < -0.3 is 19.9 Å². The quantitative estimate of drug-likeness (QED) is 0.293. The van der Waals surface area contributed by atoms with Crippen LogP contribution in [0.25, 0.3) is 6.08 Å². The lowest BCUT2D eigenvalue weighted by Gasteiger charge is -2.15. The van der Waals surface area contributed by atoms with Crippen molar-refractivity contribution < 1.29 is 33.4 Å². The number of ether oxygens (including phenoxy) is 2. The van der Waals surface area contributed by atoms with Crippen LogP contribution in [-0.4, -0.2) is 34.5 Å². The van der Waals surface area contributed by atoms with Crippen LogP contribution in [0.4, 0.5) is 9.18 Å². The Bertz CT molecular complexity index is 1390. The highest BCUT2D eigenvalue weighted by atomic mass is 35.5. The van der Waals surface area contributed by atoms with Crippen molar-refractivity contribution >= 4 is 35.6 Å². The van der Waals surface area contributed by atoms with Crippen LogP contribution in [0.15, 0.2) is 66.4 Å². The van der Waals surface area contributed by atoms with Gasteiger partial charge >= 0.3 is 12.0 Å². The fraction of sp³-hybridized carbons (Fsp3) is 0.148. The van der Waals surface area contributed by atoms with Crippen molar-refractivity contribution in [3.05, 3.63) is 99.5 Å². The molecule has 0 unspecified atom stereocenters. The summed E-state index contributed by atoms with van der Waals surface area (Å²) in [5.74, 6) is -1.54. The van der Waals surface area contributed by atoms with Gasteiger partial charge in [0.2, 0.25) is 0 Å². The average Bonchev–Trinajstić information content (AvgIpc) is 3.12. The molecule has 0 saturated carbocycles. The van der Waals surface area contributed by atoms with Crippen molar-refractivity contribution in [2.24, 2.45) is 0 Å². The lowest BCUT2D eigenvalue weighted by Crippen LogP contribution is -2.30. The summed E-state index contributed by atoms with van der Waals surface area (Å²) in [5.41, 5.74) is 1.59. The minimum Gasteiger partial charge on any atom is -0.490 e. The highest BCUT2D eigenvalue weighted by Gasteiger charge is 2.34. The number of aromatic carboxylic acids is 1. The SMILES string of the molecule is CCOc1cc(/C=C2/NC(=O)N(Cc3ccccc3F)C2=O)cc(Cl)c1OCc1ccc(C(=O)O)cc1. The molecule has 0 bridgehead atoms. The van der Waals surface area contributed by atoms with Crippen LogP contribution < -0.4 is 14.8 Å². The third-order valence-electron chi connectivity index (χ3n) is 5.48. The fourth-order valence-corrected chi connectivity index (χ4v) is 3.93. The fourth-order valence-electron chi connectivity index (χ4n) is 3.65. The van der Waals surface area contributed by atoms with Crippen molar-refractivity contribution in [1.29, 1.82) is 0 Å². The van der Waals surface area contributed by atoms with Gasteiger partial charge in [-0.05, 0) is 54.5 Å². The predicted octanol–water partition coefficient (Wildman–Crippen LogP) is 5.25. The molecule has 1 aliphatic heterocycles. The van der Waals surface area contributed by atoms with E-state index in [1.54, 1.807) is 37.3 Å². The Balaban J connectivity index is 1.54. The number of nitrogens with one attached hydrogen (secondary N) is 1. The van der Waals surface area contributed by atoms with Crippen LogP contribution in [0.2, 0.25) is 5.02 Å². The molecule has 1 saturated heterocycles. The molecule has 2 N–H and O–H groups in total. The first kappa shape index (κ1) is 25.7. The first-order valence-corrected chi connectivity index (χ1v) is 11.6. The summed E-state index contributed by atoms with van der Waals surface area (Å²) >= 11 is 6.47. The maximum atomic E-state index is 14.0. The van der Waals surface area contributed by atoms with Gasteiger partial charge in [0.15, 0.2) is 11.5 Å². The Kier molecular flexibility index (Phi) is 7.74. The van der Waals surface area contributed by atoms with E-state index >= 15 is 0 Å². The maximum Gasteiger partial charge on any atom is 0.335 e. The van der Waals surface area contributed by atoms with Crippen molar-refractivity contribution in [2.75, 3.05) is 6.61 Å². The number of urea groups is 1. The summed E-state index contributed by atoms with van der Waals surface area (Å²) in [6.07, 6.45) is 1.45. The highest BCUT2D eigenvalue weighted by Crippen LogP contribution is 2.38. The van der Waals surface area contributed by atoms with E-state index in [9.17, 15) is 18.8 Å². The van der Waals surface area contributed by atoms with Crippen LogP contribution in [0, 0.1) is 5.82 Å². The second kappa shape index (κ2) is 11.1. The second-order valence-corrected chi connectivity index (χ2v) is 8.43. The van der Waals surface area contributed by atoms with E-state index in [-0.39, 0.29) is 40.7 Å². The summed E-state index contributed by atoms with van der Waals surface area (Å²) in [6.45, 7) is 2.00. The molecular weight excluding hydrogens is 503 g/mol. The number of imide groups is 1. The number of amides is 3. The molecule has 1 aliphatic rings. The van der Waals surface area contributed by atoms with E-state index < -0.39 is 23.7 Å². The van der Waals surface area contributed by atoms with Gasteiger partial charge in [0.1, 0.15) is 18.1 Å². The van der Waals surface area contributed by atoms with Gasteiger partial charge in [-0.25, -0.2) is 14.0 Å². The number of carbonyl (C=O) groups excluding carboxylic acids is 2. The normalized spacial score (nSPS) is 14.1. The van der Waals surface area contributed by atoms with Crippen molar-refractivity contribution in [3.63, 3.8) is 0 Å². The molecule has 1 fully saturated rings. The van der Waals surface area contributed by atoms with E-state index in [2.05, 4.69) is 5.32 Å². The molecule has 0 radical (unpaired) electrons. The Morgan fingerprint density at radius 3 is 2.51 bits per heavy atom. The summed E-state index contributed by atoms with van der Waals surface area (Å²) in [4.78, 5) is 37.2. The number of carboxylic acid groups (broad SMARTS) is 1. The standard InChI is InChI=1S/C27H22ClFN2O6/c1-2-36-23-13-17(11-20(28)24(23)37-15-16-7-9-18(10-8-16)26(33)34)12-22-25(32)31(27(35)30-22)14-19-5-3-4-6-21(19)29/h3-13H,2,14-15H2,1H3,(H,30,35)(H,33,34)/b22-12+. The molecule has 3 aromatic rings. The van der Waals surface area contributed by atoms with E-state index in [0.717, 1.165) is 10.5 Å². The number of carboxylic acids is 1. The Hall–Kier alpha value is -4.37. The largest absolute Gasteiger partial charge is 0.490 e. The molecular formula is C27H22ClFN2O6. The Morgan fingerprint density at radius 1 is 1.11 bits per heavy atom. The number of hydrogen-bond acceptors (Lipinski definition) is 5. The second-order valence-electron chi connectivity index (χ2n) is 8.02. The lowest BCUT2D eigenvalue weighted by molar-refractivity contribution is -0.123. The lowest BCUT2D eigenvalue weighted by atomic mass is 10.1. The summed E-state index contributed by atoms with van der Waals surface area (Å²) in [6, 6.07) is 14.6. The minimum absolute atomic E-state index is 0.00652.